The van der Waals surface area contributed by atoms with E-state index in [4.69, 9.17) is 0 Å². The van der Waals surface area contributed by atoms with E-state index in [0.717, 1.165) is 19.0 Å². The van der Waals surface area contributed by atoms with E-state index >= 15 is 0 Å². The molecule has 0 aliphatic carbocycles. The summed E-state index contributed by atoms with van der Waals surface area (Å²) in [6, 6.07) is 4.18. The van der Waals surface area contributed by atoms with Gasteiger partial charge < -0.3 is 10.6 Å². The molecule has 0 atom stereocenters. The second kappa shape index (κ2) is 8.81. The molecule has 1 rings (SSSR count). The number of hydrogen-bond donors (Lipinski definition) is 2. The minimum Gasteiger partial charge on any atom is -0.356 e. The van der Waals surface area contributed by atoms with Crippen LogP contribution in [0.25, 0.3) is 0 Å². The Morgan fingerprint density at radius 2 is 2.19 bits per heavy atom. The van der Waals surface area contributed by atoms with Gasteiger partial charge in [0.25, 0.3) is 0 Å². The Morgan fingerprint density at radius 3 is 2.69 bits per heavy atom. The molecule has 0 spiro atoms. The number of rotatable bonds is 4. The summed E-state index contributed by atoms with van der Waals surface area (Å²) in [6.45, 7) is 6.15. The molecule has 0 aromatic carbocycles. The lowest BCUT2D eigenvalue weighted by atomic mass is 10.2. The molecule has 2 N–H and O–H groups in total. The third-order valence-corrected chi connectivity index (χ3v) is 2.79. The van der Waals surface area contributed by atoms with Gasteiger partial charge in [-0.3, -0.25) is 4.99 Å². The third kappa shape index (κ3) is 6.32. The van der Waals surface area contributed by atoms with Crippen LogP contribution in [0.1, 0.15) is 18.7 Å². The van der Waals surface area contributed by atoms with Gasteiger partial charge in [0.15, 0.2) is 5.96 Å². The SMILES string of the molecule is CN=C(NCc1cccs1)NCC(C)C.I. The topological polar surface area (TPSA) is 36.4 Å². The van der Waals surface area contributed by atoms with Crippen LogP contribution in [0.15, 0.2) is 22.5 Å². The molecule has 3 nitrogen and oxygen atoms in total. The lowest BCUT2D eigenvalue weighted by Gasteiger charge is -2.12. The molecule has 0 aliphatic rings. The fourth-order valence-corrected chi connectivity index (χ4v) is 1.75. The number of guanidine groups is 1. The molecule has 1 aromatic rings. The zero-order valence-electron chi connectivity index (χ0n) is 9.99. The summed E-state index contributed by atoms with van der Waals surface area (Å²) >= 11 is 1.75. The van der Waals surface area contributed by atoms with Crippen molar-refractivity contribution in [2.45, 2.75) is 20.4 Å². The van der Waals surface area contributed by atoms with E-state index in [1.807, 2.05) is 0 Å². The fourth-order valence-electron chi connectivity index (χ4n) is 1.11. The molecule has 0 unspecified atom stereocenters. The molecule has 0 radical (unpaired) electrons. The standard InChI is InChI=1S/C11H19N3S.HI/c1-9(2)7-13-11(12-3)14-8-10-5-4-6-15-10;/h4-6,9H,7-8H2,1-3H3,(H2,12,13,14);1H. The maximum atomic E-state index is 4.16. The molecule has 16 heavy (non-hydrogen) atoms. The number of hydrogen-bond acceptors (Lipinski definition) is 2. The average Bonchev–Trinajstić information content (AvgIpc) is 2.70. The lowest BCUT2D eigenvalue weighted by molar-refractivity contribution is 0.615. The Bertz CT molecular complexity index is 296. The van der Waals surface area contributed by atoms with E-state index in [1.54, 1.807) is 18.4 Å². The van der Waals surface area contributed by atoms with Crippen molar-refractivity contribution < 1.29 is 0 Å². The van der Waals surface area contributed by atoms with Gasteiger partial charge >= 0.3 is 0 Å². The molecule has 5 heteroatoms. The van der Waals surface area contributed by atoms with E-state index in [1.165, 1.54) is 4.88 Å². The van der Waals surface area contributed by atoms with Crippen LogP contribution in [0.3, 0.4) is 0 Å². The summed E-state index contributed by atoms with van der Waals surface area (Å²) in [4.78, 5) is 5.48. The van der Waals surface area contributed by atoms with E-state index in [9.17, 15) is 0 Å². The predicted octanol–water partition coefficient (Wildman–Crippen LogP) is 2.69. The van der Waals surface area contributed by atoms with E-state index in [0.29, 0.717) is 5.92 Å². The van der Waals surface area contributed by atoms with Crippen molar-refractivity contribution in [3.05, 3.63) is 22.4 Å². The number of nitrogens with one attached hydrogen (secondary N) is 2. The Kier molecular flexibility index (Phi) is 8.64. The molecule has 92 valence electrons. The molecule has 0 fully saturated rings. The van der Waals surface area contributed by atoms with Crippen LogP contribution < -0.4 is 10.6 Å². The molecule has 0 amide bonds. The fraction of sp³-hybridized carbons (Fsp3) is 0.545. The summed E-state index contributed by atoms with van der Waals surface area (Å²) in [5.74, 6) is 1.50. The van der Waals surface area contributed by atoms with E-state index in [-0.39, 0.29) is 24.0 Å². The summed E-state index contributed by atoms with van der Waals surface area (Å²) in [5, 5.41) is 8.64. The average molecular weight is 353 g/mol. The quantitative estimate of drug-likeness (QED) is 0.496. The van der Waals surface area contributed by atoms with Crippen LogP contribution in [-0.2, 0) is 6.54 Å². The van der Waals surface area contributed by atoms with Gasteiger partial charge in [0, 0.05) is 18.5 Å². The van der Waals surface area contributed by atoms with Crippen LogP contribution >= 0.6 is 35.3 Å². The first-order valence-corrected chi connectivity index (χ1v) is 6.07. The van der Waals surface area contributed by atoms with Gasteiger partial charge in [-0.05, 0) is 17.4 Å². The van der Waals surface area contributed by atoms with Gasteiger partial charge in [-0.25, -0.2) is 0 Å². The first kappa shape index (κ1) is 15.7. The predicted molar refractivity (Wildman–Crippen MR) is 82.8 cm³/mol. The second-order valence-corrected chi connectivity index (χ2v) is 4.81. The maximum absolute atomic E-state index is 4.16. The smallest absolute Gasteiger partial charge is 0.191 e. The van der Waals surface area contributed by atoms with Crippen molar-refractivity contribution in [1.29, 1.82) is 0 Å². The summed E-state index contributed by atoms with van der Waals surface area (Å²) in [6.07, 6.45) is 0. The van der Waals surface area contributed by atoms with Gasteiger partial charge in [0.05, 0.1) is 6.54 Å². The van der Waals surface area contributed by atoms with Crippen molar-refractivity contribution in [1.82, 2.24) is 10.6 Å². The van der Waals surface area contributed by atoms with E-state index in [2.05, 4.69) is 47.0 Å². The first-order chi connectivity index (χ1) is 7.22. The molecule has 0 aliphatic heterocycles. The second-order valence-electron chi connectivity index (χ2n) is 3.78. The van der Waals surface area contributed by atoms with Crippen molar-refractivity contribution in [2.24, 2.45) is 10.9 Å². The Hall–Kier alpha value is -0.300. The molecular formula is C11H20IN3S. The summed E-state index contributed by atoms with van der Waals surface area (Å²) in [5.41, 5.74) is 0. The molecular weight excluding hydrogens is 333 g/mol. The Morgan fingerprint density at radius 1 is 1.44 bits per heavy atom. The van der Waals surface area contributed by atoms with Crippen LogP contribution in [0, 0.1) is 5.92 Å². The number of nitrogens with zero attached hydrogens (tertiary/aromatic N) is 1. The first-order valence-electron chi connectivity index (χ1n) is 5.19. The zero-order valence-corrected chi connectivity index (χ0v) is 13.1. The molecule has 0 bridgehead atoms. The minimum atomic E-state index is 0. The van der Waals surface area contributed by atoms with Crippen LogP contribution in [-0.4, -0.2) is 19.6 Å². The highest BCUT2D eigenvalue weighted by molar-refractivity contribution is 14.0. The van der Waals surface area contributed by atoms with E-state index < -0.39 is 0 Å². The van der Waals surface area contributed by atoms with Gasteiger partial charge in [-0.15, -0.1) is 35.3 Å². The van der Waals surface area contributed by atoms with Gasteiger partial charge in [0.2, 0.25) is 0 Å². The Balaban J connectivity index is 0.00000225. The van der Waals surface area contributed by atoms with Crippen LogP contribution in [0.2, 0.25) is 0 Å². The van der Waals surface area contributed by atoms with Crippen molar-refractivity contribution >= 4 is 41.3 Å². The number of aliphatic imine (C=N–C) groups is 1. The molecule has 1 heterocycles. The maximum Gasteiger partial charge on any atom is 0.191 e. The largest absolute Gasteiger partial charge is 0.356 e. The lowest BCUT2D eigenvalue weighted by Crippen LogP contribution is -2.38. The van der Waals surface area contributed by atoms with Crippen LogP contribution in [0.5, 0.6) is 0 Å². The monoisotopic (exact) mass is 353 g/mol. The third-order valence-electron chi connectivity index (χ3n) is 1.91. The van der Waals surface area contributed by atoms with Gasteiger partial charge in [-0.1, -0.05) is 19.9 Å². The zero-order chi connectivity index (χ0) is 11.1. The number of halogens is 1. The normalized spacial score (nSPS) is 11.1. The van der Waals surface area contributed by atoms with Crippen molar-refractivity contribution in [3.8, 4) is 0 Å². The molecule has 0 saturated carbocycles. The van der Waals surface area contributed by atoms with Gasteiger partial charge in [0.1, 0.15) is 0 Å². The summed E-state index contributed by atoms with van der Waals surface area (Å²) in [7, 11) is 1.80. The minimum absolute atomic E-state index is 0. The van der Waals surface area contributed by atoms with Crippen molar-refractivity contribution in [2.75, 3.05) is 13.6 Å². The summed E-state index contributed by atoms with van der Waals surface area (Å²) < 4.78 is 0. The van der Waals surface area contributed by atoms with Crippen LogP contribution in [0.4, 0.5) is 0 Å². The van der Waals surface area contributed by atoms with Gasteiger partial charge in [-0.2, -0.15) is 0 Å². The van der Waals surface area contributed by atoms with Crippen molar-refractivity contribution in [3.63, 3.8) is 0 Å². The highest BCUT2D eigenvalue weighted by Crippen LogP contribution is 2.06. The highest BCUT2D eigenvalue weighted by atomic mass is 127. The molecule has 0 saturated heterocycles. The Labute approximate surface area is 119 Å². The molecule has 1 aromatic heterocycles. The highest BCUT2D eigenvalue weighted by Gasteiger charge is 1.99. The number of thiophene rings is 1.